The molecule has 204 valence electrons. The normalized spacial score (nSPS) is 19.3. The number of esters is 1. The monoisotopic (exact) mass is 546 g/mol. The number of hydrogen-bond donors (Lipinski definition) is 1. The Morgan fingerprint density at radius 3 is 2.56 bits per heavy atom. The molecule has 0 saturated carbocycles. The lowest BCUT2D eigenvalue weighted by Crippen LogP contribution is -2.42. The molecule has 1 unspecified atom stereocenters. The van der Waals surface area contributed by atoms with Gasteiger partial charge in [-0.2, -0.15) is 0 Å². The van der Waals surface area contributed by atoms with Crippen molar-refractivity contribution in [3.63, 3.8) is 0 Å². The van der Waals surface area contributed by atoms with Gasteiger partial charge in [-0.05, 0) is 24.8 Å². The Kier molecular flexibility index (Phi) is 8.81. The van der Waals surface area contributed by atoms with E-state index in [-0.39, 0.29) is 18.9 Å². The summed E-state index contributed by atoms with van der Waals surface area (Å²) >= 11 is 1.48. The number of aryl methyl sites for hydroxylation is 1. The molecule has 0 radical (unpaired) electrons. The molecule has 0 aromatic heterocycles. The molecule has 2 aromatic rings. The fourth-order valence-electron chi connectivity index (χ4n) is 4.96. The van der Waals surface area contributed by atoms with Gasteiger partial charge in [0, 0.05) is 37.4 Å². The van der Waals surface area contributed by atoms with Crippen molar-refractivity contribution in [1.82, 2.24) is 15.1 Å². The van der Waals surface area contributed by atoms with Gasteiger partial charge >= 0.3 is 5.97 Å². The number of aliphatic imine (C=N–C) groups is 1. The maximum Gasteiger partial charge on any atom is 0.338 e. The average molecular weight is 547 g/mol. The first-order valence-corrected chi connectivity index (χ1v) is 14.3. The van der Waals surface area contributed by atoms with Crippen LogP contribution in [-0.2, 0) is 19.1 Å². The van der Waals surface area contributed by atoms with Crippen LogP contribution in [0, 0.1) is 6.92 Å². The summed E-state index contributed by atoms with van der Waals surface area (Å²) < 4.78 is 11.0. The number of ether oxygens (including phenoxy) is 2. The van der Waals surface area contributed by atoms with Crippen LogP contribution >= 0.6 is 11.8 Å². The number of carbonyl (C=O) groups excluding carboxylic acids is 2. The number of hydrogen-bond acceptors (Lipinski definition) is 8. The fourth-order valence-corrected chi connectivity index (χ4v) is 5.88. The number of amides is 1. The second kappa shape index (κ2) is 12.6. The van der Waals surface area contributed by atoms with Gasteiger partial charge in [-0.3, -0.25) is 9.69 Å². The molecule has 2 aromatic carbocycles. The lowest BCUT2D eigenvalue weighted by atomic mass is 9.91. The van der Waals surface area contributed by atoms with Crippen LogP contribution in [0.5, 0.6) is 0 Å². The summed E-state index contributed by atoms with van der Waals surface area (Å²) in [5.74, 6) is -0.467. The zero-order chi connectivity index (χ0) is 27.2. The van der Waals surface area contributed by atoms with Crippen LogP contribution < -0.4 is 5.32 Å². The van der Waals surface area contributed by atoms with Gasteiger partial charge in [0.2, 0.25) is 5.91 Å². The summed E-state index contributed by atoms with van der Waals surface area (Å²) in [6, 6.07) is 17.4. The number of fused-ring (bicyclic) bond motifs is 1. The second-order valence-electron chi connectivity index (χ2n) is 9.63. The summed E-state index contributed by atoms with van der Waals surface area (Å²) in [6.07, 6.45) is 0.189. The first-order valence-electron chi connectivity index (χ1n) is 13.4. The van der Waals surface area contributed by atoms with Crippen molar-refractivity contribution in [2.45, 2.75) is 26.3 Å². The first-order chi connectivity index (χ1) is 19.0. The number of nitrogens with zero attached hydrogens (tertiary/aromatic N) is 3. The van der Waals surface area contributed by atoms with Gasteiger partial charge in [-0.15, -0.1) is 0 Å². The van der Waals surface area contributed by atoms with Crippen LogP contribution in [-0.4, -0.2) is 72.8 Å². The Morgan fingerprint density at radius 1 is 1.10 bits per heavy atom. The van der Waals surface area contributed by atoms with Crippen molar-refractivity contribution in [2.24, 2.45) is 4.99 Å². The van der Waals surface area contributed by atoms with Crippen molar-refractivity contribution < 1.29 is 19.1 Å². The largest absolute Gasteiger partial charge is 0.463 e. The third-order valence-electron chi connectivity index (χ3n) is 6.94. The summed E-state index contributed by atoms with van der Waals surface area (Å²) in [5.41, 5.74) is 4.78. The molecule has 1 atom stereocenters. The van der Waals surface area contributed by atoms with Gasteiger partial charge in [-0.25, -0.2) is 9.79 Å². The minimum Gasteiger partial charge on any atom is -0.463 e. The third kappa shape index (κ3) is 6.27. The predicted molar refractivity (Wildman–Crippen MR) is 154 cm³/mol. The van der Waals surface area contributed by atoms with Crippen LogP contribution in [0.1, 0.15) is 36.1 Å². The molecule has 1 saturated heterocycles. The molecule has 0 bridgehead atoms. The molecule has 39 heavy (non-hydrogen) atoms. The van der Waals surface area contributed by atoms with E-state index < -0.39 is 12.0 Å². The van der Waals surface area contributed by atoms with Gasteiger partial charge in [-0.1, -0.05) is 71.9 Å². The van der Waals surface area contributed by atoms with E-state index in [2.05, 4.69) is 10.2 Å². The number of amidine groups is 1. The molecule has 9 heteroatoms. The van der Waals surface area contributed by atoms with Gasteiger partial charge < -0.3 is 19.7 Å². The van der Waals surface area contributed by atoms with E-state index >= 15 is 0 Å². The highest BCUT2D eigenvalue weighted by Crippen LogP contribution is 2.47. The standard InChI is InChI=1S/C30H34N4O4S/c1-3-38-29(36)26-27(22-7-5-4-6-8-22)32-30-34(28(26)23-11-9-21(2)10-12-23)24(20-39-30)19-25(35)31-13-14-33-15-17-37-18-16-33/h4-12,20,28H,3,13-19H2,1-2H3,(H,31,35). The molecule has 0 aliphatic carbocycles. The quantitative estimate of drug-likeness (QED) is 0.474. The molecule has 1 fully saturated rings. The van der Waals surface area contributed by atoms with Crippen LogP contribution in [0.15, 0.2) is 76.3 Å². The zero-order valence-electron chi connectivity index (χ0n) is 22.4. The predicted octanol–water partition coefficient (Wildman–Crippen LogP) is 4.11. The highest BCUT2D eigenvalue weighted by Gasteiger charge is 2.42. The van der Waals surface area contributed by atoms with E-state index in [1.807, 2.05) is 71.8 Å². The summed E-state index contributed by atoms with van der Waals surface area (Å²) in [6.45, 7) is 8.70. The number of carbonyl (C=O) groups is 2. The van der Waals surface area contributed by atoms with Gasteiger partial charge in [0.15, 0.2) is 5.17 Å². The SMILES string of the molecule is CCOC(=O)C1=C(c2ccccc2)N=C2SC=C(CC(=O)NCCN3CCOCC3)N2C1c1ccc(C)cc1. The fraction of sp³-hybridized carbons (Fsp3) is 0.367. The second-order valence-corrected chi connectivity index (χ2v) is 10.5. The van der Waals surface area contributed by atoms with Gasteiger partial charge in [0.25, 0.3) is 0 Å². The molecule has 3 heterocycles. The third-order valence-corrected chi connectivity index (χ3v) is 7.83. The Balaban J connectivity index is 1.44. The number of rotatable bonds is 9. The molecule has 8 nitrogen and oxygen atoms in total. The summed E-state index contributed by atoms with van der Waals surface area (Å²) in [4.78, 5) is 35.8. The zero-order valence-corrected chi connectivity index (χ0v) is 23.2. The maximum atomic E-state index is 13.5. The molecular weight excluding hydrogens is 512 g/mol. The van der Waals surface area contributed by atoms with E-state index in [0.717, 1.165) is 60.4 Å². The van der Waals surface area contributed by atoms with E-state index in [9.17, 15) is 9.59 Å². The first kappa shape index (κ1) is 27.2. The Labute approximate surface area is 233 Å². The maximum absolute atomic E-state index is 13.5. The highest BCUT2D eigenvalue weighted by atomic mass is 32.2. The Hall–Kier alpha value is -3.40. The number of thioether (sulfide) groups is 1. The van der Waals surface area contributed by atoms with E-state index in [4.69, 9.17) is 14.5 Å². The summed E-state index contributed by atoms with van der Waals surface area (Å²) in [7, 11) is 0. The topological polar surface area (TPSA) is 83.5 Å². The molecule has 0 spiro atoms. The van der Waals surface area contributed by atoms with Crippen molar-refractivity contribution in [2.75, 3.05) is 46.0 Å². The lowest BCUT2D eigenvalue weighted by Gasteiger charge is -2.37. The highest BCUT2D eigenvalue weighted by molar-refractivity contribution is 8.16. The Morgan fingerprint density at radius 2 is 1.85 bits per heavy atom. The smallest absolute Gasteiger partial charge is 0.338 e. The Bertz CT molecular complexity index is 1280. The lowest BCUT2D eigenvalue weighted by molar-refractivity contribution is -0.139. The molecule has 3 aliphatic rings. The average Bonchev–Trinajstić information content (AvgIpc) is 3.36. The van der Waals surface area contributed by atoms with E-state index in [1.54, 1.807) is 6.92 Å². The van der Waals surface area contributed by atoms with Gasteiger partial charge in [0.05, 0.1) is 43.6 Å². The van der Waals surface area contributed by atoms with E-state index in [1.165, 1.54) is 11.8 Å². The number of benzene rings is 2. The van der Waals surface area contributed by atoms with Crippen LogP contribution in [0.25, 0.3) is 5.70 Å². The molecule has 1 amide bonds. The molecule has 5 rings (SSSR count). The van der Waals surface area contributed by atoms with E-state index in [0.29, 0.717) is 17.8 Å². The van der Waals surface area contributed by atoms with Crippen molar-refractivity contribution >= 4 is 34.5 Å². The molecule has 1 N–H and O–H groups in total. The summed E-state index contributed by atoms with van der Waals surface area (Å²) in [5, 5.41) is 5.77. The molecule has 3 aliphatic heterocycles. The van der Waals surface area contributed by atoms with Crippen LogP contribution in [0.3, 0.4) is 0 Å². The van der Waals surface area contributed by atoms with Crippen molar-refractivity contribution in [1.29, 1.82) is 0 Å². The van der Waals surface area contributed by atoms with Crippen molar-refractivity contribution in [3.8, 4) is 0 Å². The van der Waals surface area contributed by atoms with Crippen molar-refractivity contribution in [3.05, 3.63) is 88.0 Å². The van der Waals surface area contributed by atoms with Crippen LogP contribution in [0.2, 0.25) is 0 Å². The number of morpholine rings is 1. The van der Waals surface area contributed by atoms with Crippen LogP contribution in [0.4, 0.5) is 0 Å². The van der Waals surface area contributed by atoms with Gasteiger partial charge in [0.1, 0.15) is 0 Å². The molecular formula is C30H34N4O4S. The minimum atomic E-state index is -0.477. The minimum absolute atomic E-state index is 0.0606. The number of nitrogens with one attached hydrogen (secondary N) is 1.